The van der Waals surface area contributed by atoms with E-state index < -0.39 is 0 Å². The molecule has 1 fully saturated rings. The quantitative estimate of drug-likeness (QED) is 0.707. The maximum absolute atomic E-state index is 9.56. The molecule has 0 saturated heterocycles. The lowest BCUT2D eigenvalue weighted by Gasteiger charge is -2.45. The smallest absolute Gasteiger partial charge is 0.0603 e. The minimum absolute atomic E-state index is 0.0860. The van der Waals surface area contributed by atoms with Gasteiger partial charge in [0, 0.05) is 10.8 Å². The highest BCUT2D eigenvalue weighted by Crippen LogP contribution is 2.48. The van der Waals surface area contributed by atoms with Crippen molar-refractivity contribution in [3.05, 3.63) is 22.4 Å². The second-order valence-electron chi connectivity index (χ2n) is 3.75. The summed E-state index contributed by atoms with van der Waals surface area (Å²) in [5.74, 6) is 1.48. The van der Waals surface area contributed by atoms with E-state index in [1.54, 1.807) is 11.3 Å². The third-order valence-corrected chi connectivity index (χ3v) is 4.06. The fourth-order valence-corrected chi connectivity index (χ4v) is 3.29. The molecular formula is C10H14OS. The van der Waals surface area contributed by atoms with E-state index in [4.69, 9.17) is 0 Å². The molecule has 2 heteroatoms. The van der Waals surface area contributed by atoms with Gasteiger partial charge in [-0.1, -0.05) is 19.9 Å². The number of thiophene rings is 1. The number of aliphatic hydroxyl groups excluding tert-OH is 1. The molecule has 1 aliphatic rings. The second kappa shape index (κ2) is 2.86. The first kappa shape index (κ1) is 8.27. The van der Waals surface area contributed by atoms with Crippen LogP contribution in [0.4, 0.5) is 0 Å². The minimum atomic E-state index is -0.0860. The maximum atomic E-state index is 9.56. The summed E-state index contributed by atoms with van der Waals surface area (Å²) >= 11 is 1.81. The molecule has 1 N–H and O–H groups in total. The Bertz CT molecular complexity index is 245. The largest absolute Gasteiger partial charge is 0.393 e. The first-order chi connectivity index (χ1) is 5.72. The van der Waals surface area contributed by atoms with Crippen LogP contribution in [-0.4, -0.2) is 11.2 Å². The van der Waals surface area contributed by atoms with Gasteiger partial charge in [0.1, 0.15) is 0 Å². The summed E-state index contributed by atoms with van der Waals surface area (Å²) in [7, 11) is 0. The molecule has 2 unspecified atom stereocenters. The van der Waals surface area contributed by atoms with Gasteiger partial charge in [-0.15, -0.1) is 11.3 Å². The van der Waals surface area contributed by atoms with Crippen LogP contribution in [0.1, 0.15) is 24.6 Å². The molecule has 2 rings (SSSR count). The van der Waals surface area contributed by atoms with E-state index >= 15 is 0 Å². The Hall–Kier alpha value is -0.340. The van der Waals surface area contributed by atoms with Gasteiger partial charge >= 0.3 is 0 Å². The molecule has 1 aromatic rings. The zero-order chi connectivity index (χ0) is 8.72. The lowest BCUT2D eigenvalue weighted by Crippen LogP contribution is -2.45. The Balaban J connectivity index is 2.17. The summed E-state index contributed by atoms with van der Waals surface area (Å²) in [6, 6.07) is 4.26. The van der Waals surface area contributed by atoms with Crippen molar-refractivity contribution in [3.63, 3.8) is 0 Å². The fourth-order valence-electron chi connectivity index (χ4n) is 2.24. The minimum Gasteiger partial charge on any atom is -0.393 e. The van der Waals surface area contributed by atoms with Crippen LogP contribution in [0.25, 0.3) is 0 Å². The van der Waals surface area contributed by atoms with Crippen LogP contribution in [-0.2, 0) is 0 Å². The van der Waals surface area contributed by atoms with E-state index in [1.165, 1.54) is 4.88 Å². The summed E-state index contributed by atoms with van der Waals surface area (Å²) in [4.78, 5) is 1.43. The van der Waals surface area contributed by atoms with Crippen LogP contribution < -0.4 is 0 Å². The molecular weight excluding hydrogens is 168 g/mol. The predicted molar refractivity (Wildman–Crippen MR) is 51.4 cm³/mol. The maximum Gasteiger partial charge on any atom is 0.0603 e. The molecule has 66 valence electrons. The number of rotatable bonds is 1. The van der Waals surface area contributed by atoms with E-state index in [0.717, 1.165) is 0 Å². The average Bonchev–Trinajstić information content (AvgIpc) is 2.57. The van der Waals surface area contributed by atoms with Crippen LogP contribution in [0.15, 0.2) is 17.5 Å². The number of aliphatic hydroxyl groups is 1. The highest BCUT2D eigenvalue weighted by molar-refractivity contribution is 7.10. The molecule has 0 amide bonds. The van der Waals surface area contributed by atoms with Gasteiger partial charge in [0.15, 0.2) is 0 Å². The van der Waals surface area contributed by atoms with Gasteiger partial charge in [-0.05, 0) is 23.3 Å². The third-order valence-electron chi connectivity index (χ3n) is 3.08. The molecule has 0 aromatic carbocycles. The van der Waals surface area contributed by atoms with E-state index in [2.05, 4.69) is 31.4 Å². The van der Waals surface area contributed by atoms with E-state index in [1.807, 2.05) is 0 Å². The van der Waals surface area contributed by atoms with Gasteiger partial charge in [0.25, 0.3) is 0 Å². The molecule has 0 radical (unpaired) electrons. The highest BCUT2D eigenvalue weighted by Gasteiger charge is 2.44. The van der Waals surface area contributed by atoms with Crippen LogP contribution >= 0.6 is 11.3 Å². The van der Waals surface area contributed by atoms with Crippen molar-refractivity contribution in [2.24, 2.45) is 11.8 Å². The first-order valence-electron chi connectivity index (χ1n) is 4.43. The van der Waals surface area contributed by atoms with Crippen LogP contribution in [0.5, 0.6) is 0 Å². The average molecular weight is 182 g/mol. The van der Waals surface area contributed by atoms with Gasteiger partial charge in [0.2, 0.25) is 0 Å². The van der Waals surface area contributed by atoms with Crippen LogP contribution in [0.3, 0.4) is 0 Å². The Kier molecular flexibility index (Phi) is 1.97. The molecule has 1 nitrogen and oxygen atoms in total. The Morgan fingerprint density at radius 3 is 2.50 bits per heavy atom. The number of hydrogen-bond acceptors (Lipinski definition) is 2. The Labute approximate surface area is 77.0 Å². The summed E-state index contributed by atoms with van der Waals surface area (Å²) in [5, 5.41) is 11.7. The standard InChI is InChI=1S/C10H14OS/c1-6-9(7(2)10(6)11)8-4-3-5-12-8/h3-7,9-11H,1-2H3. The molecule has 2 atom stereocenters. The molecule has 0 aliphatic heterocycles. The van der Waals surface area contributed by atoms with Crippen molar-refractivity contribution in [2.45, 2.75) is 25.9 Å². The van der Waals surface area contributed by atoms with Gasteiger partial charge in [0.05, 0.1) is 6.10 Å². The Morgan fingerprint density at radius 2 is 2.00 bits per heavy atom. The summed E-state index contributed by atoms with van der Waals surface area (Å²) in [6.45, 7) is 4.27. The lowest BCUT2D eigenvalue weighted by molar-refractivity contribution is -0.0461. The number of hydrogen-bond donors (Lipinski definition) is 1. The van der Waals surface area contributed by atoms with Crippen molar-refractivity contribution in [3.8, 4) is 0 Å². The fraction of sp³-hybridized carbons (Fsp3) is 0.600. The summed E-state index contributed by atoms with van der Waals surface area (Å²) in [5.41, 5.74) is 0. The van der Waals surface area contributed by atoms with Crippen molar-refractivity contribution < 1.29 is 5.11 Å². The zero-order valence-electron chi connectivity index (χ0n) is 7.40. The van der Waals surface area contributed by atoms with E-state index in [0.29, 0.717) is 17.8 Å². The topological polar surface area (TPSA) is 20.2 Å². The van der Waals surface area contributed by atoms with E-state index in [-0.39, 0.29) is 6.10 Å². The first-order valence-corrected chi connectivity index (χ1v) is 5.31. The summed E-state index contributed by atoms with van der Waals surface area (Å²) in [6.07, 6.45) is -0.0860. The van der Waals surface area contributed by atoms with Gasteiger partial charge in [-0.2, -0.15) is 0 Å². The molecule has 0 bridgehead atoms. The van der Waals surface area contributed by atoms with Gasteiger partial charge in [-0.25, -0.2) is 0 Å². The van der Waals surface area contributed by atoms with Crippen LogP contribution in [0, 0.1) is 11.8 Å². The van der Waals surface area contributed by atoms with E-state index in [9.17, 15) is 5.11 Å². The second-order valence-corrected chi connectivity index (χ2v) is 4.73. The molecule has 1 aliphatic carbocycles. The summed E-state index contributed by atoms with van der Waals surface area (Å²) < 4.78 is 0. The monoisotopic (exact) mass is 182 g/mol. The molecule has 1 aromatic heterocycles. The molecule has 1 heterocycles. The lowest BCUT2D eigenvalue weighted by atomic mass is 9.63. The molecule has 0 spiro atoms. The molecule has 1 saturated carbocycles. The van der Waals surface area contributed by atoms with Gasteiger partial charge in [-0.3, -0.25) is 0 Å². The predicted octanol–water partition coefficient (Wildman–Crippen LogP) is 2.48. The zero-order valence-corrected chi connectivity index (χ0v) is 8.21. The normalized spacial score (nSPS) is 40.9. The van der Waals surface area contributed by atoms with Gasteiger partial charge < -0.3 is 5.11 Å². The SMILES string of the molecule is CC1C(O)C(C)C1c1cccs1. The third kappa shape index (κ3) is 1.02. The Morgan fingerprint density at radius 1 is 1.33 bits per heavy atom. The van der Waals surface area contributed by atoms with Crippen molar-refractivity contribution in [2.75, 3.05) is 0 Å². The van der Waals surface area contributed by atoms with Crippen molar-refractivity contribution in [1.82, 2.24) is 0 Å². The van der Waals surface area contributed by atoms with Crippen LogP contribution in [0.2, 0.25) is 0 Å². The van der Waals surface area contributed by atoms with Crippen molar-refractivity contribution in [1.29, 1.82) is 0 Å². The molecule has 12 heavy (non-hydrogen) atoms. The van der Waals surface area contributed by atoms with Crippen molar-refractivity contribution >= 4 is 11.3 Å². The highest BCUT2D eigenvalue weighted by atomic mass is 32.1.